The number of hydrogen-bond acceptors (Lipinski definition) is 9. The second-order valence-electron chi connectivity index (χ2n) is 15.1. The van der Waals surface area contributed by atoms with Crippen LogP contribution in [-0.4, -0.2) is 65.7 Å². The van der Waals surface area contributed by atoms with Gasteiger partial charge in [-0.25, -0.2) is 4.57 Å². The summed E-state index contributed by atoms with van der Waals surface area (Å²) < 4.78 is 32.7. The zero-order chi connectivity index (χ0) is 39.1. The van der Waals surface area contributed by atoms with Crippen LogP contribution in [0.3, 0.4) is 0 Å². The maximum Gasteiger partial charge on any atom is 1.00 e. The van der Waals surface area contributed by atoms with Gasteiger partial charge in [0.1, 0.15) is 12.7 Å². The van der Waals surface area contributed by atoms with Crippen LogP contribution in [0.1, 0.15) is 221 Å². The fraction of sp³-hybridized carbons (Fsp3) is 0.952. The monoisotopic (exact) mass is 803 g/mol. The Morgan fingerprint density at radius 2 is 0.833 bits per heavy atom. The summed E-state index contributed by atoms with van der Waals surface area (Å²) in [6.07, 6.45) is 34.9. The van der Waals surface area contributed by atoms with E-state index in [9.17, 15) is 24.2 Å². The molecule has 10 nitrogen and oxygen atoms in total. The van der Waals surface area contributed by atoms with E-state index in [0.717, 1.165) is 32.1 Å². The van der Waals surface area contributed by atoms with Gasteiger partial charge in [-0.05, 0) is 12.8 Å². The number of aliphatic hydroxyl groups is 2. The average molecular weight is 803 g/mol. The van der Waals surface area contributed by atoms with Gasteiger partial charge in [-0.3, -0.25) is 18.6 Å². The number of carbonyl (C=O) groups excluding carboxylic acids is 2. The molecule has 3 N–H and O–H groups in total. The quantitative estimate of drug-likeness (QED) is 0.0237. The predicted octanol–water partition coefficient (Wildman–Crippen LogP) is 8.57. The zero-order valence-electron chi connectivity index (χ0n) is 36.3. The van der Waals surface area contributed by atoms with Crippen molar-refractivity contribution < 1.29 is 78.8 Å². The predicted molar refractivity (Wildman–Crippen MR) is 216 cm³/mol. The Labute approximate surface area is 354 Å². The molecule has 318 valence electrons. The van der Waals surface area contributed by atoms with E-state index < -0.39 is 51.8 Å². The van der Waals surface area contributed by atoms with Crippen LogP contribution in [0.25, 0.3) is 0 Å². The molecule has 0 aromatic heterocycles. The van der Waals surface area contributed by atoms with Gasteiger partial charge in [-0.15, -0.1) is 0 Å². The number of ether oxygens (including phenoxy) is 2. The van der Waals surface area contributed by atoms with Crippen LogP contribution in [-0.2, 0) is 32.7 Å². The van der Waals surface area contributed by atoms with Crippen LogP contribution < -0.4 is 29.6 Å². The number of esters is 2. The Bertz CT molecular complexity index is 872. The van der Waals surface area contributed by atoms with Gasteiger partial charge in [0.15, 0.2) is 6.10 Å². The van der Waals surface area contributed by atoms with Gasteiger partial charge in [-0.1, -0.05) is 194 Å². The van der Waals surface area contributed by atoms with Crippen molar-refractivity contribution >= 4 is 19.8 Å². The molecule has 0 aliphatic rings. The molecule has 0 heterocycles. The Kier molecular flexibility index (Phi) is 44.2. The van der Waals surface area contributed by atoms with Gasteiger partial charge in [0, 0.05) is 12.8 Å². The van der Waals surface area contributed by atoms with Crippen molar-refractivity contribution in [2.75, 3.05) is 26.4 Å². The summed E-state index contributed by atoms with van der Waals surface area (Å²) in [4.78, 5) is 35.0. The standard InChI is InChI=1S/C42H83O10P.Na.H/c1-3-5-7-9-11-13-15-17-19-21-23-25-27-29-31-33-41(45)49-37-40(38-51-53(47,48)50-36-39(44)35-43)52-42(46)34-32-30-28-26-24-22-20-18-16-14-12-10-8-6-4-2;;/h39-40,43-44H,3-38H2,1-2H3,(H,47,48);;/q;+1;-1. The SMILES string of the molecule is CCCCCCCCCCCCCCCCCC(=O)OCC(COP(=O)(O)OCC(O)CO)OC(=O)CCCCCCCCCCCCCCCCC.[H-].[Na+]. The van der Waals surface area contributed by atoms with E-state index in [-0.39, 0.29) is 50.4 Å². The van der Waals surface area contributed by atoms with E-state index in [2.05, 4.69) is 13.8 Å². The first-order valence-corrected chi connectivity index (χ1v) is 23.5. The molecule has 54 heavy (non-hydrogen) atoms. The number of phosphoric acid groups is 1. The topological polar surface area (TPSA) is 149 Å². The summed E-state index contributed by atoms with van der Waals surface area (Å²) in [6.45, 7) is 2.42. The number of aliphatic hydroxyl groups excluding tert-OH is 2. The normalized spacial score (nSPS) is 13.6. The third kappa shape index (κ3) is 41.6. The van der Waals surface area contributed by atoms with Crippen LogP contribution in [0.2, 0.25) is 0 Å². The maximum absolute atomic E-state index is 12.6. The molecule has 0 aliphatic heterocycles. The first kappa shape index (κ1) is 56.1. The van der Waals surface area contributed by atoms with Crippen molar-refractivity contribution in [3.63, 3.8) is 0 Å². The second kappa shape index (κ2) is 42.6. The van der Waals surface area contributed by atoms with E-state index in [1.165, 1.54) is 148 Å². The summed E-state index contributed by atoms with van der Waals surface area (Å²) in [6, 6.07) is 0. The largest absolute Gasteiger partial charge is 1.00 e. The molecule has 0 aromatic rings. The van der Waals surface area contributed by atoms with Crippen LogP contribution in [0.5, 0.6) is 0 Å². The molecule has 0 saturated carbocycles. The van der Waals surface area contributed by atoms with Crippen molar-refractivity contribution in [1.82, 2.24) is 0 Å². The minimum absolute atomic E-state index is 0. The van der Waals surface area contributed by atoms with Crippen LogP contribution in [0.15, 0.2) is 0 Å². The van der Waals surface area contributed by atoms with Gasteiger partial charge in [-0.2, -0.15) is 0 Å². The Morgan fingerprint density at radius 3 is 1.19 bits per heavy atom. The molecule has 3 unspecified atom stereocenters. The Morgan fingerprint density at radius 1 is 0.519 bits per heavy atom. The summed E-state index contributed by atoms with van der Waals surface area (Å²) in [5, 5.41) is 18.3. The third-order valence-corrected chi connectivity index (χ3v) is 10.7. The van der Waals surface area contributed by atoms with Gasteiger partial charge in [0.25, 0.3) is 0 Å². The van der Waals surface area contributed by atoms with E-state index >= 15 is 0 Å². The van der Waals surface area contributed by atoms with Crippen molar-refractivity contribution in [3.8, 4) is 0 Å². The molecular formula is C42H84NaO10P. The summed E-state index contributed by atoms with van der Waals surface area (Å²) in [5.41, 5.74) is 0. The summed E-state index contributed by atoms with van der Waals surface area (Å²) in [7, 11) is -4.61. The molecular weight excluding hydrogens is 718 g/mol. The van der Waals surface area contributed by atoms with Gasteiger partial charge in [0.2, 0.25) is 0 Å². The van der Waals surface area contributed by atoms with E-state index in [1.807, 2.05) is 0 Å². The van der Waals surface area contributed by atoms with Crippen LogP contribution in [0, 0.1) is 0 Å². The third-order valence-electron chi connectivity index (χ3n) is 9.76. The van der Waals surface area contributed by atoms with Crippen molar-refractivity contribution in [1.29, 1.82) is 0 Å². The van der Waals surface area contributed by atoms with Gasteiger partial charge in [0.05, 0.1) is 19.8 Å². The molecule has 0 rings (SSSR count). The Hall–Kier alpha value is -0.0300. The number of phosphoric ester groups is 1. The number of unbranched alkanes of at least 4 members (excludes halogenated alkanes) is 28. The molecule has 12 heteroatoms. The zero-order valence-corrected chi connectivity index (χ0v) is 38.2. The number of carbonyl (C=O) groups is 2. The van der Waals surface area contributed by atoms with E-state index in [0.29, 0.717) is 12.8 Å². The molecule has 3 atom stereocenters. The number of rotatable bonds is 42. The Balaban J connectivity index is -0.0000135. The van der Waals surface area contributed by atoms with Crippen molar-refractivity contribution in [3.05, 3.63) is 0 Å². The van der Waals surface area contributed by atoms with Gasteiger partial charge < -0.3 is 26.0 Å². The first-order valence-electron chi connectivity index (χ1n) is 22.0. The molecule has 0 spiro atoms. The molecule has 0 saturated heterocycles. The smallest absolute Gasteiger partial charge is 1.00 e. The minimum Gasteiger partial charge on any atom is -1.00 e. The van der Waals surface area contributed by atoms with E-state index in [4.69, 9.17) is 23.6 Å². The molecule has 0 amide bonds. The second-order valence-corrected chi connectivity index (χ2v) is 16.5. The fourth-order valence-electron chi connectivity index (χ4n) is 6.35. The van der Waals surface area contributed by atoms with Crippen molar-refractivity contribution in [2.45, 2.75) is 232 Å². The molecule has 0 aliphatic carbocycles. The molecule has 0 aromatic carbocycles. The van der Waals surface area contributed by atoms with Gasteiger partial charge >= 0.3 is 49.3 Å². The molecule has 0 fully saturated rings. The maximum atomic E-state index is 12.6. The molecule has 0 bridgehead atoms. The van der Waals surface area contributed by atoms with Crippen LogP contribution in [0.4, 0.5) is 0 Å². The first-order chi connectivity index (χ1) is 25.7. The fourth-order valence-corrected chi connectivity index (χ4v) is 7.14. The summed E-state index contributed by atoms with van der Waals surface area (Å²) in [5.74, 6) is -0.909. The van der Waals surface area contributed by atoms with E-state index in [1.54, 1.807) is 0 Å². The van der Waals surface area contributed by atoms with Crippen LogP contribution >= 0.6 is 7.82 Å². The van der Waals surface area contributed by atoms with Crippen molar-refractivity contribution in [2.24, 2.45) is 0 Å². The number of hydrogen-bond donors (Lipinski definition) is 3. The molecule has 0 radical (unpaired) electrons. The average Bonchev–Trinajstić information content (AvgIpc) is 3.14. The minimum atomic E-state index is -4.61. The summed E-state index contributed by atoms with van der Waals surface area (Å²) >= 11 is 0.